The van der Waals surface area contributed by atoms with Gasteiger partial charge in [-0.1, -0.05) is 53.5 Å². The van der Waals surface area contributed by atoms with E-state index in [0.29, 0.717) is 19.5 Å². The van der Waals surface area contributed by atoms with Gasteiger partial charge in [-0.25, -0.2) is 8.42 Å². The molecule has 0 atom stereocenters. The topological polar surface area (TPSA) is 57.7 Å². The standard InChI is InChI=1S/C20H22Cl2N2O3S/c21-17-8-9-18(22)19(14-17)28(26,27)24(13-10-16-6-2-1-3-7-16)15-20(25)23-11-4-5-12-23/h1-3,6-9,14H,4-5,10-13,15H2. The third-order valence-corrected chi connectivity index (χ3v) is 7.34. The van der Waals surface area contributed by atoms with Crippen LogP contribution in [0.25, 0.3) is 0 Å². The fraction of sp³-hybridized carbons (Fsp3) is 0.350. The van der Waals surface area contributed by atoms with Crippen LogP contribution in [-0.4, -0.2) is 49.7 Å². The smallest absolute Gasteiger partial charge is 0.245 e. The SMILES string of the molecule is O=C(CN(CCc1ccccc1)S(=O)(=O)c1cc(Cl)ccc1Cl)N1CCCC1. The number of nitrogens with zero attached hydrogens (tertiary/aromatic N) is 2. The number of amides is 1. The van der Waals surface area contributed by atoms with Gasteiger partial charge in [-0.05, 0) is 43.0 Å². The number of halogens is 2. The van der Waals surface area contributed by atoms with E-state index < -0.39 is 10.0 Å². The molecule has 1 aliphatic heterocycles. The number of hydrogen-bond acceptors (Lipinski definition) is 3. The largest absolute Gasteiger partial charge is 0.342 e. The molecular formula is C20H22Cl2N2O3S. The van der Waals surface area contributed by atoms with Gasteiger partial charge in [0, 0.05) is 24.7 Å². The van der Waals surface area contributed by atoms with Crippen molar-refractivity contribution in [2.45, 2.75) is 24.2 Å². The van der Waals surface area contributed by atoms with E-state index in [1.807, 2.05) is 30.3 Å². The number of carbonyl (C=O) groups is 1. The summed E-state index contributed by atoms with van der Waals surface area (Å²) in [4.78, 5) is 14.3. The molecule has 2 aromatic rings. The van der Waals surface area contributed by atoms with Gasteiger partial charge < -0.3 is 4.90 Å². The van der Waals surface area contributed by atoms with Crippen molar-refractivity contribution in [1.29, 1.82) is 0 Å². The van der Waals surface area contributed by atoms with Crippen molar-refractivity contribution < 1.29 is 13.2 Å². The first kappa shape index (κ1) is 21.1. The van der Waals surface area contributed by atoms with Crippen LogP contribution in [0.2, 0.25) is 10.0 Å². The van der Waals surface area contributed by atoms with Gasteiger partial charge in [-0.2, -0.15) is 4.31 Å². The van der Waals surface area contributed by atoms with Crippen molar-refractivity contribution in [2.75, 3.05) is 26.2 Å². The van der Waals surface area contributed by atoms with Gasteiger partial charge >= 0.3 is 0 Å². The Bertz CT molecular complexity index is 930. The van der Waals surface area contributed by atoms with Crippen LogP contribution < -0.4 is 0 Å². The summed E-state index contributed by atoms with van der Waals surface area (Å²) in [6, 6.07) is 13.9. The molecule has 1 aliphatic rings. The lowest BCUT2D eigenvalue weighted by molar-refractivity contribution is -0.130. The van der Waals surface area contributed by atoms with Crippen molar-refractivity contribution in [1.82, 2.24) is 9.21 Å². The normalized spacial score (nSPS) is 14.6. The molecule has 1 amide bonds. The maximum absolute atomic E-state index is 13.3. The third-order valence-electron chi connectivity index (χ3n) is 4.77. The van der Waals surface area contributed by atoms with E-state index in [1.54, 1.807) is 4.90 Å². The number of benzene rings is 2. The minimum absolute atomic E-state index is 0.0797. The summed E-state index contributed by atoms with van der Waals surface area (Å²) in [7, 11) is -3.98. The summed E-state index contributed by atoms with van der Waals surface area (Å²) in [6.07, 6.45) is 2.39. The first-order valence-corrected chi connectivity index (χ1v) is 11.3. The van der Waals surface area contributed by atoms with Crippen LogP contribution in [0.5, 0.6) is 0 Å². The summed E-state index contributed by atoms with van der Waals surface area (Å²) in [5.41, 5.74) is 0.994. The lowest BCUT2D eigenvalue weighted by Gasteiger charge is -2.25. The number of carbonyl (C=O) groups excluding carboxylic acids is 1. The second-order valence-corrected chi connectivity index (χ2v) is 9.49. The fourth-order valence-corrected chi connectivity index (χ4v) is 5.34. The van der Waals surface area contributed by atoms with E-state index >= 15 is 0 Å². The molecule has 0 spiro atoms. The van der Waals surface area contributed by atoms with Crippen LogP contribution in [0.1, 0.15) is 18.4 Å². The van der Waals surface area contributed by atoms with Crippen LogP contribution in [0.15, 0.2) is 53.4 Å². The van der Waals surface area contributed by atoms with Crippen molar-refractivity contribution in [3.63, 3.8) is 0 Å². The Kier molecular flexibility index (Phi) is 6.99. The molecule has 1 heterocycles. The summed E-state index contributed by atoms with van der Waals surface area (Å²) < 4.78 is 27.8. The van der Waals surface area contributed by atoms with Crippen LogP contribution in [-0.2, 0) is 21.2 Å². The van der Waals surface area contributed by atoms with Crippen LogP contribution in [0, 0.1) is 0 Å². The van der Waals surface area contributed by atoms with Crippen LogP contribution in [0.4, 0.5) is 0 Å². The predicted octanol–water partition coefficient (Wildman–Crippen LogP) is 3.85. The highest BCUT2D eigenvalue weighted by atomic mass is 35.5. The lowest BCUT2D eigenvalue weighted by atomic mass is 10.1. The maximum atomic E-state index is 13.3. The molecule has 0 unspecified atom stereocenters. The van der Waals surface area contributed by atoms with E-state index in [0.717, 1.165) is 18.4 Å². The molecule has 3 rings (SSSR count). The van der Waals surface area contributed by atoms with Crippen molar-refractivity contribution >= 4 is 39.1 Å². The van der Waals surface area contributed by atoms with Gasteiger partial charge in [0.1, 0.15) is 4.90 Å². The fourth-order valence-electron chi connectivity index (χ4n) is 3.21. The molecule has 1 saturated heterocycles. The highest BCUT2D eigenvalue weighted by molar-refractivity contribution is 7.89. The zero-order chi connectivity index (χ0) is 20.1. The van der Waals surface area contributed by atoms with Gasteiger partial charge in [0.15, 0.2) is 0 Å². The summed E-state index contributed by atoms with van der Waals surface area (Å²) >= 11 is 12.1. The van der Waals surface area contributed by atoms with E-state index in [1.165, 1.54) is 22.5 Å². The van der Waals surface area contributed by atoms with E-state index in [4.69, 9.17) is 23.2 Å². The Labute approximate surface area is 175 Å². The van der Waals surface area contributed by atoms with Gasteiger partial charge in [-0.3, -0.25) is 4.79 Å². The number of likely N-dealkylation sites (tertiary alicyclic amines) is 1. The Balaban J connectivity index is 1.87. The molecule has 8 heteroatoms. The Morgan fingerprint density at radius 3 is 2.39 bits per heavy atom. The molecular weight excluding hydrogens is 419 g/mol. The van der Waals surface area contributed by atoms with Crippen molar-refractivity contribution in [3.8, 4) is 0 Å². The minimum atomic E-state index is -3.98. The van der Waals surface area contributed by atoms with Crippen molar-refractivity contribution in [2.24, 2.45) is 0 Å². The van der Waals surface area contributed by atoms with Gasteiger partial charge in [0.05, 0.1) is 11.6 Å². The van der Waals surface area contributed by atoms with E-state index in [-0.39, 0.29) is 33.9 Å². The van der Waals surface area contributed by atoms with Gasteiger partial charge in [0.25, 0.3) is 0 Å². The number of rotatable bonds is 7. The molecule has 5 nitrogen and oxygen atoms in total. The molecule has 0 aromatic heterocycles. The lowest BCUT2D eigenvalue weighted by Crippen LogP contribution is -2.42. The zero-order valence-electron chi connectivity index (χ0n) is 15.4. The molecule has 0 radical (unpaired) electrons. The first-order chi connectivity index (χ1) is 13.4. The first-order valence-electron chi connectivity index (χ1n) is 9.15. The molecule has 150 valence electrons. The molecule has 0 bridgehead atoms. The predicted molar refractivity (Wildman–Crippen MR) is 111 cm³/mol. The zero-order valence-corrected chi connectivity index (χ0v) is 17.7. The Morgan fingerprint density at radius 1 is 1.04 bits per heavy atom. The summed E-state index contributed by atoms with van der Waals surface area (Å²) in [5.74, 6) is -0.188. The highest BCUT2D eigenvalue weighted by Gasteiger charge is 2.30. The average molecular weight is 441 g/mol. The maximum Gasteiger partial charge on any atom is 0.245 e. The molecule has 1 fully saturated rings. The number of hydrogen-bond donors (Lipinski definition) is 0. The quantitative estimate of drug-likeness (QED) is 0.656. The molecule has 0 N–H and O–H groups in total. The minimum Gasteiger partial charge on any atom is -0.342 e. The van der Waals surface area contributed by atoms with E-state index in [9.17, 15) is 13.2 Å². The molecule has 28 heavy (non-hydrogen) atoms. The molecule has 0 aliphatic carbocycles. The number of sulfonamides is 1. The molecule has 2 aromatic carbocycles. The second-order valence-electron chi connectivity index (χ2n) is 6.74. The van der Waals surface area contributed by atoms with Gasteiger partial charge in [-0.15, -0.1) is 0 Å². The Morgan fingerprint density at radius 2 is 1.71 bits per heavy atom. The average Bonchev–Trinajstić information content (AvgIpc) is 3.22. The third kappa shape index (κ3) is 5.06. The second kappa shape index (κ2) is 9.27. The van der Waals surface area contributed by atoms with Crippen LogP contribution in [0.3, 0.4) is 0 Å². The van der Waals surface area contributed by atoms with E-state index in [2.05, 4.69) is 0 Å². The summed E-state index contributed by atoms with van der Waals surface area (Å²) in [6.45, 7) is 1.30. The van der Waals surface area contributed by atoms with Gasteiger partial charge in [0.2, 0.25) is 15.9 Å². The summed E-state index contributed by atoms with van der Waals surface area (Å²) in [5, 5.41) is 0.361. The van der Waals surface area contributed by atoms with Crippen molar-refractivity contribution in [3.05, 3.63) is 64.1 Å². The Hall–Kier alpha value is -1.60. The molecule has 0 saturated carbocycles. The highest BCUT2D eigenvalue weighted by Crippen LogP contribution is 2.28. The van der Waals surface area contributed by atoms with Crippen LogP contribution >= 0.6 is 23.2 Å². The monoisotopic (exact) mass is 440 g/mol.